The zero-order valence-corrected chi connectivity index (χ0v) is 16.3. The molecule has 1 amide bonds. The van der Waals surface area contributed by atoms with E-state index in [1.54, 1.807) is 10.9 Å². The number of anilines is 1. The molecule has 0 unspecified atom stereocenters. The number of carbonyl (C=O) groups excluding carboxylic acids is 1. The summed E-state index contributed by atoms with van der Waals surface area (Å²) in [7, 11) is 1.89. The summed E-state index contributed by atoms with van der Waals surface area (Å²) in [6, 6.07) is 15.5. The maximum atomic E-state index is 12.6. The molecule has 3 aromatic rings. The van der Waals surface area contributed by atoms with Crippen LogP contribution in [0.2, 0.25) is 0 Å². The minimum atomic E-state index is -0.115. The van der Waals surface area contributed by atoms with E-state index in [2.05, 4.69) is 26.1 Å². The van der Waals surface area contributed by atoms with Crippen molar-refractivity contribution < 1.29 is 9.21 Å². The summed E-state index contributed by atoms with van der Waals surface area (Å²) in [6.45, 7) is 7.14. The van der Waals surface area contributed by atoms with E-state index in [1.807, 2.05) is 60.5 Å². The molecule has 0 bridgehead atoms. The summed E-state index contributed by atoms with van der Waals surface area (Å²) >= 11 is 0. The standard InChI is InChI=1S/C21H26N4O2/c1-21(2,3)18-13-19(25(23-18)16-9-6-5-7-10-16)22-20(26)15-24(4)14-17-11-8-12-27-17/h5-13H,14-15H2,1-4H3,(H,22,26). The van der Waals surface area contributed by atoms with E-state index in [9.17, 15) is 4.79 Å². The van der Waals surface area contributed by atoms with Crippen molar-refractivity contribution in [3.63, 3.8) is 0 Å². The molecule has 3 rings (SSSR count). The van der Waals surface area contributed by atoms with Crippen LogP contribution in [0.1, 0.15) is 32.2 Å². The molecule has 0 saturated heterocycles. The second-order valence-corrected chi connectivity index (χ2v) is 7.71. The first-order chi connectivity index (χ1) is 12.8. The van der Waals surface area contributed by atoms with Crippen LogP contribution in [-0.2, 0) is 16.8 Å². The molecular weight excluding hydrogens is 340 g/mol. The lowest BCUT2D eigenvalue weighted by Crippen LogP contribution is -2.30. The van der Waals surface area contributed by atoms with Crippen molar-refractivity contribution in [2.24, 2.45) is 0 Å². The number of rotatable bonds is 6. The van der Waals surface area contributed by atoms with Gasteiger partial charge in [0.25, 0.3) is 0 Å². The third kappa shape index (κ3) is 4.86. The second-order valence-electron chi connectivity index (χ2n) is 7.71. The largest absolute Gasteiger partial charge is 0.468 e. The highest BCUT2D eigenvalue weighted by molar-refractivity contribution is 5.91. The molecule has 1 aromatic carbocycles. The number of likely N-dealkylation sites (N-methyl/N-ethyl adjacent to an activating group) is 1. The minimum absolute atomic E-state index is 0.0957. The number of carbonyl (C=O) groups is 1. The van der Waals surface area contributed by atoms with Gasteiger partial charge in [0.1, 0.15) is 11.6 Å². The van der Waals surface area contributed by atoms with E-state index in [4.69, 9.17) is 9.52 Å². The van der Waals surface area contributed by atoms with Gasteiger partial charge in [0.05, 0.1) is 30.7 Å². The molecule has 2 aromatic heterocycles. The summed E-state index contributed by atoms with van der Waals surface area (Å²) in [5.74, 6) is 1.40. The fourth-order valence-electron chi connectivity index (χ4n) is 2.75. The first kappa shape index (κ1) is 18.9. The Kier molecular flexibility index (Phi) is 5.46. The number of amides is 1. The van der Waals surface area contributed by atoms with Crippen LogP contribution in [0, 0.1) is 0 Å². The molecule has 1 N–H and O–H groups in total. The molecule has 0 fully saturated rings. The lowest BCUT2D eigenvalue weighted by molar-refractivity contribution is -0.117. The zero-order valence-electron chi connectivity index (χ0n) is 16.3. The molecule has 6 heteroatoms. The maximum absolute atomic E-state index is 12.6. The molecule has 0 aliphatic rings. The molecular formula is C21H26N4O2. The summed E-state index contributed by atoms with van der Waals surface area (Å²) in [5, 5.41) is 7.72. The van der Waals surface area contributed by atoms with E-state index in [0.717, 1.165) is 17.1 Å². The average molecular weight is 366 g/mol. The Labute approximate surface area is 159 Å². The number of para-hydroxylation sites is 1. The van der Waals surface area contributed by atoms with Crippen molar-refractivity contribution in [1.82, 2.24) is 14.7 Å². The summed E-state index contributed by atoms with van der Waals surface area (Å²) in [4.78, 5) is 14.5. The van der Waals surface area contributed by atoms with Gasteiger partial charge in [0, 0.05) is 11.5 Å². The summed E-state index contributed by atoms with van der Waals surface area (Å²) in [5.41, 5.74) is 1.72. The normalized spacial score (nSPS) is 11.7. The highest BCUT2D eigenvalue weighted by Crippen LogP contribution is 2.26. The quantitative estimate of drug-likeness (QED) is 0.720. The Morgan fingerprint density at radius 1 is 1.19 bits per heavy atom. The predicted molar refractivity (Wildman–Crippen MR) is 106 cm³/mol. The number of aromatic nitrogens is 2. The van der Waals surface area contributed by atoms with Gasteiger partial charge in [-0.15, -0.1) is 0 Å². The highest BCUT2D eigenvalue weighted by atomic mass is 16.3. The number of nitrogens with zero attached hydrogens (tertiary/aromatic N) is 3. The van der Waals surface area contributed by atoms with Crippen LogP contribution in [0.4, 0.5) is 5.82 Å². The molecule has 27 heavy (non-hydrogen) atoms. The molecule has 0 saturated carbocycles. The predicted octanol–water partition coefficient (Wildman–Crippen LogP) is 3.83. The lowest BCUT2D eigenvalue weighted by atomic mass is 9.92. The van der Waals surface area contributed by atoms with Gasteiger partial charge in [-0.1, -0.05) is 39.0 Å². The van der Waals surface area contributed by atoms with Gasteiger partial charge in [0.15, 0.2) is 0 Å². The summed E-state index contributed by atoms with van der Waals surface area (Å²) < 4.78 is 7.12. The molecule has 0 spiro atoms. The zero-order chi connectivity index (χ0) is 19.4. The first-order valence-electron chi connectivity index (χ1n) is 8.99. The van der Waals surface area contributed by atoms with Gasteiger partial charge in [-0.2, -0.15) is 5.10 Å². The van der Waals surface area contributed by atoms with Crippen LogP contribution in [0.3, 0.4) is 0 Å². The van der Waals surface area contributed by atoms with Crippen molar-refractivity contribution in [2.75, 3.05) is 18.9 Å². The van der Waals surface area contributed by atoms with E-state index in [0.29, 0.717) is 12.4 Å². The Morgan fingerprint density at radius 3 is 2.56 bits per heavy atom. The van der Waals surface area contributed by atoms with E-state index < -0.39 is 0 Å². The molecule has 0 atom stereocenters. The Morgan fingerprint density at radius 2 is 1.93 bits per heavy atom. The van der Waals surface area contributed by atoms with Gasteiger partial charge in [0.2, 0.25) is 5.91 Å². The molecule has 0 aliphatic heterocycles. The van der Waals surface area contributed by atoms with Gasteiger partial charge in [-0.05, 0) is 31.3 Å². The van der Waals surface area contributed by atoms with Crippen LogP contribution < -0.4 is 5.32 Å². The van der Waals surface area contributed by atoms with Crippen molar-refractivity contribution in [1.29, 1.82) is 0 Å². The van der Waals surface area contributed by atoms with Crippen LogP contribution in [-0.4, -0.2) is 34.2 Å². The molecule has 0 aliphatic carbocycles. The van der Waals surface area contributed by atoms with E-state index in [1.165, 1.54) is 0 Å². The van der Waals surface area contributed by atoms with E-state index >= 15 is 0 Å². The highest BCUT2D eigenvalue weighted by Gasteiger charge is 2.21. The number of nitrogens with one attached hydrogen (secondary N) is 1. The third-order valence-corrected chi connectivity index (χ3v) is 4.17. The van der Waals surface area contributed by atoms with Gasteiger partial charge in [-0.25, -0.2) is 4.68 Å². The van der Waals surface area contributed by atoms with Crippen LogP contribution in [0.15, 0.2) is 59.2 Å². The Balaban J connectivity index is 1.76. The van der Waals surface area contributed by atoms with Gasteiger partial charge >= 0.3 is 0 Å². The molecule has 2 heterocycles. The maximum Gasteiger partial charge on any atom is 0.239 e. The van der Waals surface area contributed by atoms with Crippen molar-refractivity contribution in [3.05, 3.63) is 66.2 Å². The van der Waals surface area contributed by atoms with Gasteiger partial charge in [-0.3, -0.25) is 9.69 Å². The minimum Gasteiger partial charge on any atom is -0.468 e. The average Bonchev–Trinajstić information content (AvgIpc) is 3.24. The number of hydrogen-bond donors (Lipinski definition) is 1. The number of hydrogen-bond acceptors (Lipinski definition) is 4. The topological polar surface area (TPSA) is 63.3 Å². The smallest absolute Gasteiger partial charge is 0.239 e. The van der Waals surface area contributed by atoms with E-state index in [-0.39, 0.29) is 17.9 Å². The lowest BCUT2D eigenvalue weighted by Gasteiger charge is -2.15. The fourth-order valence-corrected chi connectivity index (χ4v) is 2.75. The van der Waals surface area contributed by atoms with Crippen LogP contribution in [0.5, 0.6) is 0 Å². The van der Waals surface area contributed by atoms with Crippen molar-refractivity contribution >= 4 is 11.7 Å². The fraction of sp³-hybridized carbons (Fsp3) is 0.333. The van der Waals surface area contributed by atoms with Crippen LogP contribution in [0.25, 0.3) is 5.69 Å². The monoisotopic (exact) mass is 366 g/mol. The SMILES string of the molecule is CN(CC(=O)Nc1cc(C(C)(C)C)nn1-c1ccccc1)Cc1ccco1. The van der Waals surface area contributed by atoms with Crippen LogP contribution >= 0.6 is 0 Å². The summed E-state index contributed by atoms with van der Waals surface area (Å²) in [6.07, 6.45) is 1.63. The number of benzene rings is 1. The van der Waals surface area contributed by atoms with Crippen molar-refractivity contribution in [2.45, 2.75) is 32.7 Å². The second kappa shape index (κ2) is 7.80. The molecule has 6 nitrogen and oxygen atoms in total. The molecule has 142 valence electrons. The Hall–Kier alpha value is -2.86. The Bertz CT molecular complexity index is 877. The third-order valence-electron chi connectivity index (χ3n) is 4.17. The number of furan rings is 1. The van der Waals surface area contributed by atoms with Crippen molar-refractivity contribution in [3.8, 4) is 5.69 Å². The van der Waals surface area contributed by atoms with Gasteiger partial charge < -0.3 is 9.73 Å². The molecule has 0 radical (unpaired) electrons. The first-order valence-corrected chi connectivity index (χ1v) is 8.99.